The molecule has 34 heavy (non-hydrogen) atoms. The zero-order chi connectivity index (χ0) is 22.7. The minimum absolute atomic E-state index is 0. The molecule has 166 valence electrons. The van der Waals surface area contributed by atoms with Crippen LogP contribution in [0.1, 0.15) is 35.1 Å². The van der Waals surface area contributed by atoms with Crippen LogP contribution in [0.25, 0.3) is 0 Å². The van der Waals surface area contributed by atoms with E-state index >= 15 is 0 Å². The molecular formula is C26H25FN2Na2O3. The average molecular weight is 478 g/mol. The summed E-state index contributed by atoms with van der Waals surface area (Å²) in [5, 5.41) is 25.4. The van der Waals surface area contributed by atoms with E-state index in [1.165, 1.54) is 17.3 Å². The van der Waals surface area contributed by atoms with Gasteiger partial charge in [-0.15, -0.1) is 5.75 Å². The van der Waals surface area contributed by atoms with Gasteiger partial charge in [0, 0.05) is 36.1 Å². The second kappa shape index (κ2) is 13.0. The number of hydrogen-bond donors (Lipinski definition) is 1. The van der Waals surface area contributed by atoms with E-state index in [-0.39, 0.29) is 77.7 Å². The number of carboxylic acid groups (broad SMARTS) is 1. The summed E-state index contributed by atoms with van der Waals surface area (Å²) >= 11 is 0. The van der Waals surface area contributed by atoms with Crippen molar-refractivity contribution in [2.24, 2.45) is 0 Å². The number of rotatable bonds is 7. The molecule has 0 atom stereocenters. The fourth-order valence-corrected chi connectivity index (χ4v) is 4.28. The van der Waals surface area contributed by atoms with Gasteiger partial charge in [-0.2, -0.15) is 0 Å². The molecule has 0 unspecified atom stereocenters. The Labute approximate surface area is 244 Å². The van der Waals surface area contributed by atoms with Gasteiger partial charge in [-0.3, -0.25) is 0 Å². The molecule has 5 nitrogen and oxygen atoms in total. The van der Waals surface area contributed by atoms with Gasteiger partial charge < -0.3 is 25.2 Å². The first-order valence-electron chi connectivity index (χ1n) is 10.8. The van der Waals surface area contributed by atoms with Gasteiger partial charge in [0.2, 0.25) is 0 Å². The maximum atomic E-state index is 14.3. The average Bonchev–Trinajstić information content (AvgIpc) is 2.78. The standard InChI is InChI=1S/C26H27FN2O3.2Na/c1-17-20(16-28-21-8-6-18(24(27)15-21)7-13-25(31)32)5-4-19-3-2-14-29(26(17)19)22-9-11-23(30)12-10-22;;/h4-6,8-12,15,28,30H,2-3,7,13-14,16H2,1H3,(H,31,32);;/q;2*+1/p-2. The number of carbonyl (C=O) groups excluding carboxylic acids is 1. The predicted octanol–water partition coefficient (Wildman–Crippen LogP) is -2.41. The number of nitrogens with zero attached hydrogens (tertiary/aromatic N) is 1. The van der Waals surface area contributed by atoms with Gasteiger partial charge in [-0.1, -0.05) is 30.3 Å². The number of halogens is 1. The smallest absolute Gasteiger partial charge is 0.872 e. The maximum absolute atomic E-state index is 14.3. The molecule has 1 heterocycles. The molecule has 0 spiro atoms. The molecular weight excluding hydrogens is 453 g/mol. The molecule has 0 saturated heterocycles. The van der Waals surface area contributed by atoms with E-state index in [1.807, 2.05) is 12.1 Å². The van der Waals surface area contributed by atoms with E-state index in [2.05, 4.69) is 29.3 Å². The van der Waals surface area contributed by atoms with Crippen molar-refractivity contribution in [2.45, 2.75) is 39.2 Å². The Bertz CT molecular complexity index is 1140. The molecule has 0 saturated carbocycles. The van der Waals surface area contributed by atoms with Gasteiger partial charge in [0.1, 0.15) is 5.82 Å². The molecule has 1 N–H and O–H groups in total. The molecule has 0 aliphatic carbocycles. The SMILES string of the molecule is Cc1c(CNc2ccc(CCC(=O)[O-])c(F)c2)ccc2c1N(c1ccc([O-])cc1)CCC2.[Na+].[Na+]. The number of anilines is 3. The van der Waals surface area contributed by atoms with Gasteiger partial charge in [-0.25, -0.2) is 4.39 Å². The molecule has 3 aromatic carbocycles. The number of carboxylic acids is 1. The van der Waals surface area contributed by atoms with Crippen LogP contribution in [0.4, 0.5) is 21.5 Å². The summed E-state index contributed by atoms with van der Waals surface area (Å²) in [6.07, 6.45) is 1.97. The second-order valence-electron chi connectivity index (χ2n) is 8.14. The van der Waals surface area contributed by atoms with Crippen molar-refractivity contribution in [1.82, 2.24) is 0 Å². The van der Waals surface area contributed by atoms with E-state index in [1.54, 1.807) is 24.3 Å². The van der Waals surface area contributed by atoms with E-state index in [0.717, 1.165) is 36.2 Å². The van der Waals surface area contributed by atoms with Gasteiger partial charge in [0.25, 0.3) is 0 Å². The molecule has 4 rings (SSSR count). The van der Waals surface area contributed by atoms with Crippen LogP contribution in [0.3, 0.4) is 0 Å². The topological polar surface area (TPSA) is 78.5 Å². The molecule has 0 aromatic heterocycles. The van der Waals surface area contributed by atoms with Crippen LogP contribution in [0.2, 0.25) is 0 Å². The van der Waals surface area contributed by atoms with E-state index < -0.39 is 11.8 Å². The van der Waals surface area contributed by atoms with E-state index in [4.69, 9.17) is 0 Å². The third-order valence-electron chi connectivity index (χ3n) is 6.01. The zero-order valence-electron chi connectivity index (χ0n) is 20.0. The quantitative estimate of drug-likeness (QED) is 0.383. The molecule has 1 aliphatic rings. The van der Waals surface area contributed by atoms with Crippen LogP contribution in [0.15, 0.2) is 54.6 Å². The number of benzene rings is 3. The van der Waals surface area contributed by atoms with Crippen molar-refractivity contribution in [2.75, 3.05) is 16.8 Å². The number of nitrogens with one attached hydrogen (secondary N) is 1. The summed E-state index contributed by atoms with van der Waals surface area (Å²) in [5.74, 6) is -1.61. The summed E-state index contributed by atoms with van der Waals surface area (Å²) in [6.45, 7) is 3.52. The van der Waals surface area contributed by atoms with Crippen LogP contribution in [0, 0.1) is 12.7 Å². The molecule has 0 bridgehead atoms. The minimum atomic E-state index is -1.19. The van der Waals surface area contributed by atoms with E-state index in [9.17, 15) is 19.4 Å². The second-order valence-corrected chi connectivity index (χ2v) is 8.14. The molecule has 3 aromatic rings. The normalized spacial score (nSPS) is 12.2. The third-order valence-corrected chi connectivity index (χ3v) is 6.01. The van der Waals surface area contributed by atoms with Gasteiger partial charge >= 0.3 is 59.1 Å². The number of carbonyl (C=O) groups is 1. The zero-order valence-corrected chi connectivity index (χ0v) is 24.0. The van der Waals surface area contributed by atoms with Crippen LogP contribution in [-0.4, -0.2) is 12.5 Å². The van der Waals surface area contributed by atoms with Gasteiger partial charge in [0.15, 0.2) is 0 Å². The molecule has 8 heteroatoms. The first-order chi connectivity index (χ1) is 15.4. The summed E-state index contributed by atoms with van der Waals surface area (Å²) in [6, 6.07) is 16.0. The van der Waals surface area contributed by atoms with Crippen LogP contribution in [0.5, 0.6) is 5.75 Å². The summed E-state index contributed by atoms with van der Waals surface area (Å²) in [4.78, 5) is 12.9. The Hall–Kier alpha value is -1.54. The number of aliphatic carboxylic acids is 1. The van der Waals surface area contributed by atoms with Crippen molar-refractivity contribution in [3.63, 3.8) is 0 Å². The Morgan fingerprint density at radius 1 is 1.06 bits per heavy atom. The summed E-state index contributed by atoms with van der Waals surface area (Å²) in [5.41, 5.74) is 6.74. The van der Waals surface area contributed by atoms with Crippen molar-refractivity contribution < 1.29 is 78.5 Å². The van der Waals surface area contributed by atoms with Crippen molar-refractivity contribution in [3.8, 4) is 5.75 Å². The molecule has 0 fully saturated rings. The fraction of sp³-hybridized carbons (Fsp3) is 0.269. The summed E-state index contributed by atoms with van der Waals surface area (Å²) < 4.78 is 14.3. The largest absolute Gasteiger partial charge is 1.00 e. The van der Waals surface area contributed by atoms with Gasteiger partial charge in [-0.05, 0) is 79.1 Å². The number of fused-ring (bicyclic) bond motifs is 1. The fourth-order valence-electron chi connectivity index (χ4n) is 4.28. The number of hydrogen-bond acceptors (Lipinski definition) is 5. The van der Waals surface area contributed by atoms with E-state index in [0.29, 0.717) is 17.8 Å². The van der Waals surface area contributed by atoms with Crippen LogP contribution < -0.4 is 79.5 Å². The van der Waals surface area contributed by atoms with Crippen LogP contribution >= 0.6 is 0 Å². The van der Waals surface area contributed by atoms with Crippen LogP contribution in [-0.2, 0) is 24.2 Å². The monoisotopic (exact) mass is 478 g/mol. The van der Waals surface area contributed by atoms with Crippen molar-refractivity contribution >= 4 is 23.0 Å². The predicted molar refractivity (Wildman–Crippen MR) is 119 cm³/mol. The Kier molecular flexibility index (Phi) is 10.9. The summed E-state index contributed by atoms with van der Waals surface area (Å²) in [7, 11) is 0. The first kappa shape index (κ1) is 28.7. The Balaban J connectivity index is 0.00000204. The number of aryl methyl sites for hydroxylation is 2. The third kappa shape index (κ3) is 6.78. The molecule has 0 amide bonds. The first-order valence-corrected chi connectivity index (χ1v) is 10.8. The molecule has 0 radical (unpaired) electrons. The van der Waals surface area contributed by atoms with Crippen molar-refractivity contribution in [3.05, 3.63) is 82.7 Å². The van der Waals surface area contributed by atoms with Crippen molar-refractivity contribution in [1.29, 1.82) is 0 Å². The Morgan fingerprint density at radius 3 is 2.44 bits per heavy atom. The minimum Gasteiger partial charge on any atom is -0.872 e. The Morgan fingerprint density at radius 2 is 1.76 bits per heavy atom. The molecule has 1 aliphatic heterocycles. The van der Waals surface area contributed by atoms with Gasteiger partial charge in [0.05, 0.1) is 0 Å². The maximum Gasteiger partial charge on any atom is 1.00 e.